The van der Waals surface area contributed by atoms with E-state index in [1.165, 1.54) is 17.7 Å². The minimum atomic E-state index is 0. The third-order valence-corrected chi connectivity index (χ3v) is 5.78. The summed E-state index contributed by atoms with van der Waals surface area (Å²) in [7, 11) is 1.78. The maximum Gasteiger partial charge on any atom is 0.227 e. The van der Waals surface area contributed by atoms with Gasteiger partial charge in [-0.15, -0.1) is 35.3 Å². The molecule has 1 saturated carbocycles. The molecule has 0 aliphatic heterocycles. The molecule has 1 aromatic carbocycles. The number of guanidine groups is 1. The Morgan fingerprint density at radius 1 is 1.18 bits per heavy atom. The lowest BCUT2D eigenvalue weighted by molar-refractivity contribution is -0.119. The summed E-state index contributed by atoms with van der Waals surface area (Å²) in [5.74, 6) is 1.12. The molecule has 0 radical (unpaired) electrons. The van der Waals surface area contributed by atoms with Crippen LogP contribution in [-0.2, 0) is 17.8 Å². The van der Waals surface area contributed by atoms with E-state index in [1.54, 1.807) is 18.4 Å². The van der Waals surface area contributed by atoms with E-state index in [2.05, 4.69) is 44.5 Å². The van der Waals surface area contributed by atoms with Crippen molar-refractivity contribution in [2.75, 3.05) is 18.9 Å². The highest BCUT2D eigenvalue weighted by Gasteiger charge is 2.22. The van der Waals surface area contributed by atoms with Crippen LogP contribution in [-0.4, -0.2) is 25.5 Å². The highest BCUT2D eigenvalue weighted by atomic mass is 127. The zero-order chi connectivity index (χ0) is 18.9. The Morgan fingerprint density at radius 3 is 2.71 bits per heavy atom. The van der Waals surface area contributed by atoms with Crippen molar-refractivity contribution in [3.05, 3.63) is 52.2 Å². The van der Waals surface area contributed by atoms with Crippen molar-refractivity contribution in [2.24, 2.45) is 10.9 Å². The normalized spacial score (nSPS) is 14.4. The third kappa shape index (κ3) is 7.09. The Hall–Kier alpha value is -1.61. The summed E-state index contributed by atoms with van der Waals surface area (Å²) in [6.07, 6.45) is 5.35. The number of aliphatic imine (C=N–C) groups is 1. The SMILES string of the molecule is CN=C(NCCc1cccs1)NCc1cccc(NC(=O)C2CCCC2)c1.I. The summed E-state index contributed by atoms with van der Waals surface area (Å²) in [4.78, 5) is 17.9. The first-order chi connectivity index (χ1) is 13.2. The van der Waals surface area contributed by atoms with E-state index in [0.29, 0.717) is 6.54 Å². The molecular weight excluding hydrogens is 483 g/mol. The molecule has 1 aromatic heterocycles. The molecule has 28 heavy (non-hydrogen) atoms. The van der Waals surface area contributed by atoms with Crippen LogP contribution in [0.3, 0.4) is 0 Å². The minimum Gasteiger partial charge on any atom is -0.356 e. The molecule has 1 fully saturated rings. The first kappa shape index (κ1) is 22.7. The molecule has 0 unspecified atom stereocenters. The number of amides is 1. The average Bonchev–Trinajstić information content (AvgIpc) is 3.38. The quantitative estimate of drug-likeness (QED) is 0.293. The molecule has 1 heterocycles. The van der Waals surface area contributed by atoms with Gasteiger partial charge < -0.3 is 16.0 Å². The number of halogens is 1. The van der Waals surface area contributed by atoms with Crippen molar-refractivity contribution < 1.29 is 4.79 Å². The molecule has 3 N–H and O–H groups in total. The van der Waals surface area contributed by atoms with Crippen LogP contribution in [0, 0.1) is 5.92 Å². The number of rotatable bonds is 7. The first-order valence-electron chi connectivity index (χ1n) is 9.61. The predicted molar refractivity (Wildman–Crippen MR) is 129 cm³/mol. The van der Waals surface area contributed by atoms with E-state index in [-0.39, 0.29) is 35.8 Å². The zero-order valence-corrected chi connectivity index (χ0v) is 19.4. The lowest BCUT2D eigenvalue weighted by Crippen LogP contribution is -2.37. The van der Waals surface area contributed by atoms with Crippen molar-refractivity contribution in [3.63, 3.8) is 0 Å². The smallest absolute Gasteiger partial charge is 0.227 e. The second-order valence-corrected chi connectivity index (χ2v) is 7.89. The van der Waals surface area contributed by atoms with Gasteiger partial charge in [-0.05, 0) is 48.4 Å². The Bertz CT molecular complexity index is 758. The van der Waals surface area contributed by atoms with Crippen LogP contribution < -0.4 is 16.0 Å². The Labute approximate surface area is 188 Å². The molecule has 5 nitrogen and oxygen atoms in total. The van der Waals surface area contributed by atoms with Crippen LogP contribution >= 0.6 is 35.3 Å². The molecule has 2 aromatic rings. The largest absolute Gasteiger partial charge is 0.356 e. The number of hydrogen-bond acceptors (Lipinski definition) is 3. The van der Waals surface area contributed by atoms with Gasteiger partial charge in [0, 0.05) is 36.6 Å². The van der Waals surface area contributed by atoms with Crippen LogP contribution in [0.15, 0.2) is 46.8 Å². The molecular formula is C21H29IN4OS. The van der Waals surface area contributed by atoms with Gasteiger partial charge in [-0.25, -0.2) is 0 Å². The van der Waals surface area contributed by atoms with Crippen LogP contribution in [0.4, 0.5) is 5.69 Å². The Morgan fingerprint density at radius 2 is 2.00 bits per heavy atom. The van der Waals surface area contributed by atoms with E-state index < -0.39 is 0 Å². The zero-order valence-electron chi connectivity index (χ0n) is 16.2. The van der Waals surface area contributed by atoms with Crippen LogP contribution in [0.2, 0.25) is 0 Å². The summed E-state index contributed by atoms with van der Waals surface area (Å²) in [5, 5.41) is 11.8. The van der Waals surface area contributed by atoms with E-state index in [4.69, 9.17) is 0 Å². The first-order valence-corrected chi connectivity index (χ1v) is 10.5. The van der Waals surface area contributed by atoms with Crippen LogP contribution in [0.5, 0.6) is 0 Å². The van der Waals surface area contributed by atoms with Gasteiger partial charge in [0.1, 0.15) is 0 Å². The number of thiophene rings is 1. The van der Waals surface area contributed by atoms with Gasteiger partial charge in [0.25, 0.3) is 0 Å². The number of carbonyl (C=O) groups is 1. The predicted octanol–water partition coefficient (Wildman–Crippen LogP) is 4.40. The highest BCUT2D eigenvalue weighted by molar-refractivity contribution is 14.0. The molecule has 7 heteroatoms. The topological polar surface area (TPSA) is 65.5 Å². The standard InChI is InChI=1S/C21H28N4OS.HI/c1-22-21(23-12-11-19-10-5-13-27-19)24-15-16-6-4-9-18(14-16)25-20(26)17-7-2-3-8-17;/h4-6,9-10,13-14,17H,2-3,7-8,11-12,15H2,1H3,(H,25,26)(H2,22,23,24);1H. The van der Waals surface area contributed by atoms with Crippen LogP contribution in [0.1, 0.15) is 36.1 Å². The van der Waals surface area contributed by atoms with Crippen molar-refractivity contribution in [1.82, 2.24) is 10.6 Å². The van der Waals surface area contributed by atoms with Gasteiger partial charge in [-0.2, -0.15) is 0 Å². The van der Waals surface area contributed by atoms with Crippen molar-refractivity contribution >= 4 is 52.9 Å². The molecule has 0 bridgehead atoms. The van der Waals surface area contributed by atoms with Gasteiger partial charge in [0.05, 0.1) is 0 Å². The molecule has 3 rings (SSSR count). The van der Waals surface area contributed by atoms with E-state index in [0.717, 1.165) is 43.0 Å². The van der Waals surface area contributed by atoms with Gasteiger partial charge in [0.2, 0.25) is 5.91 Å². The Balaban J connectivity index is 0.00000280. The van der Waals surface area contributed by atoms with E-state index in [9.17, 15) is 4.79 Å². The fourth-order valence-corrected chi connectivity index (χ4v) is 4.07. The number of benzene rings is 1. The summed E-state index contributed by atoms with van der Waals surface area (Å²) in [6.45, 7) is 1.50. The molecule has 152 valence electrons. The average molecular weight is 512 g/mol. The molecule has 1 amide bonds. The van der Waals surface area contributed by atoms with Gasteiger partial charge in [0.15, 0.2) is 5.96 Å². The third-order valence-electron chi connectivity index (χ3n) is 4.85. The van der Waals surface area contributed by atoms with Crippen molar-refractivity contribution in [1.29, 1.82) is 0 Å². The summed E-state index contributed by atoms with van der Waals surface area (Å²) < 4.78 is 0. The summed E-state index contributed by atoms with van der Waals surface area (Å²) in [5.41, 5.74) is 1.98. The van der Waals surface area contributed by atoms with Gasteiger partial charge in [-0.1, -0.05) is 31.0 Å². The lowest BCUT2D eigenvalue weighted by Gasteiger charge is -2.13. The summed E-state index contributed by atoms with van der Waals surface area (Å²) >= 11 is 1.77. The number of nitrogens with one attached hydrogen (secondary N) is 3. The number of nitrogens with zero attached hydrogens (tertiary/aromatic N) is 1. The Kier molecular flexibility index (Phi) is 9.77. The van der Waals surface area contributed by atoms with Crippen LogP contribution in [0.25, 0.3) is 0 Å². The second-order valence-electron chi connectivity index (χ2n) is 6.85. The van der Waals surface area contributed by atoms with E-state index >= 15 is 0 Å². The maximum absolute atomic E-state index is 12.3. The monoisotopic (exact) mass is 512 g/mol. The number of hydrogen-bond donors (Lipinski definition) is 3. The summed E-state index contributed by atoms with van der Waals surface area (Å²) in [6, 6.07) is 12.2. The van der Waals surface area contributed by atoms with E-state index in [1.807, 2.05) is 18.2 Å². The minimum absolute atomic E-state index is 0. The molecule has 0 atom stereocenters. The molecule has 1 aliphatic rings. The molecule has 1 aliphatic carbocycles. The number of anilines is 1. The fraction of sp³-hybridized carbons (Fsp3) is 0.429. The second kappa shape index (κ2) is 12.1. The molecule has 0 saturated heterocycles. The number of carbonyl (C=O) groups excluding carboxylic acids is 1. The van der Waals surface area contributed by atoms with Crippen molar-refractivity contribution in [2.45, 2.75) is 38.6 Å². The van der Waals surface area contributed by atoms with Gasteiger partial charge in [-0.3, -0.25) is 9.79 Å². The lowest BCUT2D eigenvalue weighted by atomic mass is 10.1. The molecule has 0 spiro atoms. The highest BCUT2D eigenvalue weighted by Crippen LogP contribution is 2.26. The fourth-order valence-electron chi connectivity index (χ4n) is 3.36. The van der Waals surface area contributed by atoms with Gasteiger partial charge >= 0.3 is 0 Å². The maximum atomic E-state index is 12.3. The van der Waals surface area contributed by atoms with Crippen molar-refractivity contribution in [3.8, 4) is 0 Å².